The van der Waals surface area contributed by atoms with Crippen molar-refractivity contribution in [1.82, 2.24) is 5.32 Å². The van der Waals surface area contributed by atoms with E-state index in [1.165, 1.54) is 45.1 Å². The lowest BCUT2D eigenvalue weighted by Crippen LogP contribution is -2.37. The minimum Gasteiger partial charge on any atom is -0.312 e. The lowest BCUT2D eigenvalue weighted by molar-refractivity contribution is 0.389. The third kappa shape index (κ3) is 2.27. The van der Waals surface area contributed by atoms with Crippen molar-refractivity contribution < 1.29 is 0 Å². The summed E-state index contributed by atoms with van der Waals surface area (Å²) in [7, 11) is 0. The zero-order chi connectivity index (χ0) is 10.0. The van der Waals surface area contributed by atoms with Crippen LogP contribution in [0.5, 0.6) is 0 Å². The highest BCUT2D eigenvalue weighted by Gasteiger charge is 2.42. The molecule has 0 spiro atoms. The Kier molecular flexibility index (Phi) is 3.43. The summed E-state index contributed by atoms with van der Waals surface area (Å²) in [4.78, 5) is 0. The van der Waals surface area contributed by atoms with Gasteiger partial charge in [0.15, 0.2) is 0 Å². The number of rotatable bonds is 5. The van der Waals surface area contributed by atoms with E-state index in [0.29, 0.717) is 4.75 Å². The van der Waals surface area contributed by atoms with Gasteiger partial charge in [0, 0.05) is 17.3 Å². The Bertz CT molecular complexity index is 189. The van der Waals surface area contributed by atoms with E-state index < -0.39 is 0 Å². The van der Waals surface area contributed by atoms with Gasteiger partial charge in [-0.05, 0) is 37.9 Å². The third-order valence-corrected chi connectivity index (χ3v) is 5.53. The second-order valence-electron chi connectivity index (χ2n) is 4.97. The summed E-state index contributed by atoms with van der Waals surface area (Å²) in [6.45, 7) is 3.60. The van der Waals surface area contributed by atoms with Crippen LogP contribution in [0, 0.1) is 5.92 Å². The van der Waals surface area contributed by atoms with Crippen LogP contribution in [0.1, 0.15) is 45.4 Å². The van der Waals surface area contributed by atoms with Crippen molar-refractivity contribution in [1.29, 1.82) is 0 Å². The van der Waals surface area contributed by atoms with Gasteiger partial charge >= 0.3 is 0 Å². The Hall–Kier alpha value is 0.310. The van der Waals surface area contributed by atoms with Gasteiger partial charge in [-0.15, -0.1) is 0 Å². The molecule has 0 radical (unpaired) electrons. The first-order chi connectivity index (χ1) is 6.79. The summed E-state index contributed by atoms with van der Waals surface area (Å²) < 4.78 is 0.640. The van der Waals surface area contributed by atoms with Crippen molar-refractivity contribution in [3.05, 3.63) is 0 Å². The first kappa shape index (κ1) is 10.8. The van der Waals surface area contributed by atoms with Crippen molar-refractivity contribution in [2.24, 2.45) is 5.92 Å². The summed E-state index contributed by atoms with van der Waals surface area (Å²) in [5.74, 6) is 0.965. The zero-order valence-corrected chi connectivity index (χ0v) is 10.3. The molecule has 2 aliphatic carbocycles. The highest BCUT2D eigenvalue weighted by molar-refractivity contribution is 8.00. The largest absolute Gasteiger partial charge is 0.312 e. The molecule has 2 rings (SSSR count). The highest BCUT2D eigenvalue weighted by Crippen LogP contribution is 2.46. The molecule has 1 N–H and O–H groups in total. The van der Waals surface area contributed by atoms with Crippen LogP contribution in [0.3, 0.4) is 0 Å². The molecule has 0 aromatic heterocycles. The van der Waals surface area contributed by atoms with E-state index in [-0.39, 0.29) is 0 Å². The Balaban J connectivity index is 1.74. The fraction of sp³-hybridized carbons (Fsp3) is 1.00. The monoisotopic (exact) mass is 213 g/mol. The van der Waals surface area contributed by atoms with Crippen LogP contribution in [0.15, 0.2) is 0 Å². The second kappa shape index (κ2) is 4.44. The molecule has 0 saturated heterocycles. The molecule has 0 aromatic rings. The maximum Gasteiger partial charge on any atom is 0.0282 e. The average molecular weight is 213 g/mol. The van der Waals surface area contributed by atoms with E-state index in [1.807, 2.05) is 0 Å². The smallest absolute Gasteiger partial charge is 0.0282 e. The van der Waals surface area contributed by atoms with E-state index in [0.717, 1.165) is 12.0 Å². The van der Waals surface area contributed by atoms with Crippen LogP contribution < -0.4 is 5.32 Å². The first-order valence-corrected chi connectivity index (χ1v) is 7.31. The van der Waals surface area contributed by atoms with Crippen LogP contribution in [0.4, 0.5) is 0 Å². The molecular formula is C12H23NS. The lowest BCUT2D eigenvalue weighted by Gasteiger charge is -2.22. The molecule has 2 atom stereocenters. The molecule has 2 fully saturated rings. The predicted octanol–water partition coefficient (Wildman–Crippen LogP) is 3.05. The zero-order valence-electron chi connectivity index (χ0n) is 9.51. The summed E-state index contributed by atoms with van der Waals surface area (Å²) in [6.07, 6.45) is 10.8. The average Bonchev–Trinajstić information content (AvgIpc) is 2.86. The van der Waals surface area contributed by atoms with Gasteiger partial charge in [0.05, 0.1) is 0 Å². The maximum atomic E-state index is 3.82. The fourth-order valence-corrected chi connectivity index (χ4v) is 3.44. The van der Waals surface area contributed by atoms with Gasteiger partial charge in [-0.25, -0.2) is 0 Å². The van der Waals surface area contributed by atoms with E-state index in [2.05, 4.69) is 30.3 Å². The molecule has 0 amide bonds. The quantitative estimate of drug-likeness (QED) is 0.753. The molecule has 1 nitrogen and oxygen atoms in total. The molecule has 0 aromatic carbocycles. The summed E-state index contributed by atoms with van der Waals surface area (Å²) in [5, 5.41) is 3.82. The molecule has 0 bridgehead atoms. The van der Waals surface area contributed by atoms with Crippen molar-refractivity contribution in [2.75, 3.05) is 12.8 Å². The van der Waals surface area contributed by atoms with Crippen molar-refractivity contribution >= 4 is 11.8 Å². The van der Waals surface area contributed by atoms with E-state index in [4.69, 9.17) is 0 Å². The van der Waals surface area contributed by atoms with E-state index in [9.17, 15) is 0 Å². The van der Waals surface area contributed by atoms with Gasteiger partial charge in [0.25, 0.3) is 0 Å². The van der Waals surface area contributed by atoms with Crippen LogP contribution in [-0.2, 0) is 0 Å². The number of hydrogen-bond acceptors (Lipinski definition) is 2. The minimum absolute atomic E-state index is 0.640. The fourth-order valence-electron chi connectivity index (χ4n) is 2.70. The molecule has 0 aliphatic heterocycles. The molecule has 2 heteroatoms. The standard InChI is InChI=1S/C12H23NS/c1-3-10-5-4-6-11(10)13-9-12(14-2)7-8-12/h10-11,13H,3-9H2,1-2H3. The number of nitrogens with one attached hydrogen (secondary N) is 1. The minimum atomic E-state index is 0.640. The topological polar surface area (TPSA) is 12.0 Å². The normalized spacial score (nSPS) is 34.7. The molecule has 2 aliphatic rings. The first-order valence-electron chi connectivity index (χ1n) is 6.08. The highest BCUT2D eigenvalue weighted by atomic mass is 32.2. The van der Waals surface area contributed by atoms with Crippen LogP contribution >= 0.6 is 11.8 Å². The molecule has 82 valence electrons. The third-order valence-electron chi connectivity index (χ3n) is 4.11. The summed E-state index contributed by atoms with van der Waals surface area (Å²) in [5.41, 5.74) is 0. The Morgan fingerprint density at radius 3 is 2.71 bits per heavy atom. The predicted molar refractivity (Wildman–Crippen MR) is 64.9 cm³/mol. The molecular weight excluding hydrogens is 190 g/mol. The molecule has 0 heterocycles. The van der Waals surface area contributed by atoms with Crippen LogP contribution in [0.25, 0.3) is 0 Å². The van der Waals surface area contributed by atoms with Crippen LogP contribution in [0.2, 0.25) is 0 Å². The van der Waals surface area contributed by atoms with Crippen molar-refractivity contribution in [3.8, 4) is 0 Å². The number of thioether (sulfide) groups is 1. The van der Waals surface area contributed by atoms with Gasteiger partial charge in [0.1, 0.15) is 0 Å². The number of hydrogen-bond donors (Lipinski definition) is 1. The van der Waals surface area contributed by atoms with Gasteiger partial charge in [0.2, 0.25) is 0 Å². The molecule has 2 unspecified atom stereocenters. The lowest BCUT2D eigenvalue weighted by atomic mass is 10.0. The van der Waals surface area contributed by atoms with Crippen LogP contribution in [-0.4, -0.2) is 23.6 Å². The van der Waals surface area contributed by atoms with E-state index >= 15 is 0 Å². The maximum absolute atomic E-state index is 3.82. The Morgan fingerprint density at radius 1 is 1.36 bits per heavy atom. The summed E-state index contributed by atoms with van der Waals surface area (Å²) in [6, 6.07) is 0.838. The van der Waals surface area contributed by atoms with E-state index in [1.54, 1.807) is 0 Å². The Morgan fingerprint density at radius 2 is 2.14 bits per heavy atom. The molecule has 2 saturated carbocycles. The second-order valence-corrected chi connectivity index (χ2v) is 6.25. The van der Waals surface area contributed by atoms with Gasteiger partial charge in [-0.3, -0.25) is 0 Å². The molecule has 14 heavy (non-hydrogen) atoms. The van der Waals surface area contributed by atoms with Gasteiger partial charge in [-0.2, -0.15) is 11.8 Å². The van der Waals surface area contributed by atoms with Crippen molar-refractivity contribution in [2.45, 2.75) is 56.2 Å². The van der Waals surface area contributed by atoms with Gasteiger partial charge < -0.3 is 5.32 Å². The van der Waals surface area contributed by atoms with Crippen molar-refractivity contribution in [3.63, 3.8) is 0 Å². The Labute approximate surface area is 92.4 Å². The van der Waals surface area contributed by atoms with Gasteiger partial charge in [-0.1, -0.05) is 19.8 Å². The summed E-state index contributed by atoms with van der Waals surface area (Å²) >= 11 is 2.07. The SMILES string of the molecule is CCC1CCCC1NCC1(SC)CC1.